The normalized spacial score (nSPS) is 15.6. The van der Waals surface area contributed by atoms with Crippen molar-refractivity contribution in [3.05, 3.63) is 23.6 Å². The fourth-order valence-corrected chi connectivity index (χ4v) is 1.99. The largest absolute Gasteiger partial charge is 0.476 e. The zero-order valence-electron chi connectivity index (χ0n) is 10.2. The SMILES string of the molecule is CNCc1ccnc(OCCC2CCC2)c1F. The fraction of sp³-hybridized carbons (Fsp3) is 0.615. The average Bonchev–Trinajstić information content (AvgIpc) is 2.27. The second-order valence-corrected chi connectivity index (χ2v) is 4.55. The van der Waals surface area contributed by atoms with Gasteiger partial charge in [-0.05, 0) is 25.5 Å². The fourth-order valence-electron chi connectivity index (χ4n) is 1.99. The molecular weight excluding hydrogens is 219 g/mol. The highest BCUT2D eigenvalue weighted by Crippen LogP contribution is 2.29. The van der Waals surface area contributed by atoms with Crippen LogP contribution in [0.25, 0.3) is 0 Å². The second-order valence-electron chi connectivity index (χ2n) is 4.55. The van der Waals surface area contributed by atoms with Gasteiger partial charge in [0.05, 0.1) is 6.61 Å². The minimum absolute atomic E-state index is 0.136. The van der Waals surface area contributed by atoms with Crippen molar-refractivity contribution in [1.29, 1.82) is 0 Å². The molecule has 94 valence electrons. The van der Waals surface area contributed by atoms with Crippen LogP contribution in [0.15, 0.2) is 12.3 Å². The highest BCUT2D eigenvalue weighted by atomic mass is 19.1. The molecule has 0 amide bonds. The number of aromatic nitrogens is 1. The first-order chi connectivity index (χ1) is 8.31. The van der Waals surface area contributed by atoms with E-state index in [1.54, 1.807) is 19.3 Å². The molecule has 1 saturated carbocycles. The van der Waals surface area contributed by atoms with E-state index < -0.39 is 0 Å². The molecule has 17 heavy (non-hydrogen) atoms. The molecule has 2 rings (SSSR count). The van der Waals surface area contributed by atoms with Crippen LogP contribution < -0.4 is 10.1 Å². The van der Waals surface area contributed by atoms with Crippen LogP contribution in [0.3, 0.4) is 0 Å². The summed E-state index contributed by atoms with van der Waals surface area (Å²) in [5, 5.41) is 2.92. The van der Waals surface area contributed by atoms with Crippen LogP contribution in [0.1, 0.15) is 31.2 Å². The molecule has 1 aromatic rings. The molecule has 0 bridgehead atoms. The molecule has 1 heterocycles. The molecule has 1 aliphatic carbocycles. The van der Waals surface area contributed by atoms with E-state index in [1.165, 1.54) is 19.3 Å². The van der Waals surface area contributed by atoms with Gasteiger partial charge in [-0.3, -0.25) is 0 Å². The number of hydrogen-bond donors (Lipinski definition) is 1. The van der Waals surface area contributed by atoms with Gasteiger partial charge in [0.1, 0.15) is 0 Å². The maximum Gasteiger partial charge on any atom is 0.250 e. The number of hydrogen-bond acceptors (Lipinski definition) is 3. The molecule has 1 fully saturated rings. The van der Waals surface area contributed by atoms with Gasteiger partial charge in [0.25, 0.3) is 5.88 Å². The molecule has 0 spiro atoms. The summed E-state index contributed by atoms with van der Waals surface area (Å²) in [5.74, 6) is 0.575. The zero-order chi connectivity index (χ0) is 12.1. The lowest BCUT2D eigenvalue weighted by Crippen LogP contribution is -2.15. The number of rotatable bonds is 6. The Morgan fingerprint density at radius 2 is 2.35 bits per heavy atom. The lowest BCUT2D eigenvalue weighted by atomic mass is 9.83. The maximum absolute atomic E-state index is 13.9. The van der Waals surface area contributed by atoms with Gasteiger partial charge in [-0.1, -0.05) is 19.3 Å². The average molecular weight is 238 g/mol. The van der Waals surface area contributed by atoms with E-state index in [-0.39, 0.29) is 11.7 Å². The van der Waals surface area contributed by atoms with E-state index in [4.69, 9.17) is 4.74 Å². The molecular formula is C13H19FN2O. The van der Waals surface area contributed by atoms with Crippen LogP contribution in [0, 0.1) is 11.7 Å². The highest BCUT2D eigenvalue weighted by Gasteiger charge is 2.17. The first-order valence-corrected chi connectivity index (χ1v) is 6.22. The van der Waals surface area contributed by atoms with Crippen LogP contribution in [-0.2, 0) is 6.54 Å². The molecule has 0 atom stereocenters. The Hall–Kier alpha value is -1.16. The Kier molecular flexibility index (Phi) is 4.31. The Balaban J connectivity index is 1.87. The molecule has 0 unspecified atom stereocenters. The van der Waals surface area contributed by atoms with Gasteiger partial charge in [-0.15, -0.1) is 0 Å². The summed E-state index contributed by atoms with van der Waals surface area (Å²) in [6.07, 6.45) is 6.51. The van der Waals surface area contributed by atoms with Crippen LogP contribution in [0.4, 0.5) is 4.39 Å². The molecule has 0 aromatic carbocycles. The summed E-state index contributed by atoms with van der Waals surface area (Å²) in [7, 11) is 1.79. The van der Waals surface area contributed by atoms with E-state index in [1.807, 2.05) is 0 Å². The Morgan fingerprint density at radius 1 is 1.53 bits per heavy atom. The maximum atomic E-state index is 13.9. The number of nitrogens with zero attached hydrogens (tertiary/aromatic N) is 1. The van der Waals surface area contributed by atoms with Crippen molar-refractivity contribution in [3.8, 4) is 5.88 Å². The molecule has 1 aromatic heterocycles. The summed E-state index contributed by atoms with van der Waals surface area (Å²) >= 11 is 0. The summed E-state index contributed by atoms with van der Waals surface area (Å²) < 4.78 is 19.3. The third-order valence-electron chi connectivity index (χ3n) is 3.29. The quantitative estimate of drug-likeness (QED) is 0.827. The van der Waals surface area contributed by atoms with E-state index in [9.17, 15) is 4.39 Å². The van der Waals surface area contributed by atoms with E-state index in [0.29, 0.717) is 18.7 Å². The van der Waals surface area contributed by atoms with E-state index in [0.717, 1.165) is 12.3 Å². The molecule has 4 heteroatoms. The van der Waals surface area contributed by atoms with Gasteiger partial charge in [0.15, 0.2) is 5.82 Å². The predicted molar refractivity (Wildman–Crippen MR) is 64.4 cm³/mol. The first kappa shape index (κ1) is 12.3. The Labute approximate surface area is 101 Å². The molecule has 1 N–H and O–H groups in total. The van der Waals surface area contributed by atoms with Crippen LogP contribution in [-0.4, -0.2) is 18.6 Å². The smallest absolute Gasteiger partial charge is 0.250 e. The summed E-state index contributed by atoms with van der Waals surface area (Å²) in [5.41, 5.74) is 0.598. The summed E-state index contributed by atoms with van der Waals surface area (Å²) in [6, 6.07) is 1.67. The number of nitrogens with one attached hydrogen (secondary N) is 1. The topological polar surface area (TPSA) is 34.2 Å². The van der Waals surface area contributed by atoms with E-state index >= 15 is 0 Å². The zero-order valence-corrected chi connectivity index (χ0v) is 10.2. The lowest BCUT2D eigenvalue weighted by molar-refractivity contribution is 0.211. The number of ether oxygens (including phenoxy) is 1. The predicted octanol–water partition coefficient (Wildman–Crippen LogP) is 2.51. The van der Waals surface area contributed by atoms with E-state index in [2.05, 4.69) is 10.3 Å². The Bertz CT molecular complexity index is 366. The minimum atomic E-state index is -0.338. The third kappa shape index (κ3) is 3.16. The monoisotopic (exact) mass is 238 g/mol. The van der Waals surface area contributed by atoms with Crippen molar-refractivity contribution in [2.75, 3.05) is 13.7 Å². The van der Waals surface area contributed by atoms with Gasteiger partial charge in [0.2, 0.25) is 0 Å². The van der Waals surface area contributed by atoms with Crippen LogP contribution in [0.5, 0.6) is 5.88 Å². The van der Waals surface area contributed by atoms with Gasteiger partial charge in [-0.2, -0.15) is 0 Å². The number of pyridine rings is 1. The highest BCUT2D eigenvalue weighted by molar-refractivity contribution is 5.23. The summed E-state index contributed by atoms with van der Waals surface area (Å²) in [4.78, 5) is 3.94. The van der Waals surface area contributed by atoms with Gasteiger partial charge in [0, 0.05) is 18.3 Å². The van der Waals surface area contributed by atoms with Crippen LogP contribution >= 0.6 is 0 Å². The van der Waals surface area contributed by atoms with Crippen molar-refractivity contribution in [2.45, 2.75) is 32.2 Å². The van der Waals surface area contributed by atoms with Crippen LogP contribution in [0.2, 0.25) is 0 Å². The third-order valence-corrected chi connectivity index (χ3v) is 3.29. The molecule has 1 aliphatic rings. The molecule has 0 saturated heterocycles. The minimum Gasteiger partial charge on any atom is -0.476 e. The van der Waals surface area contributed by atoms with Crippen molar-refractivity contribution < 1.29 is 9.13 Å². The summed E-state index contributed by atoms with van der Waals surface area (Å²) in [6.45, 7) is 1.06. The van der Waals surface area contributed by atoms with Crippen molar-refractivity contribution in [1.82, 2.24) is 10.3 Å². The number of halogens is 1. The Morgan fingerprint density at radius 3 is 3.00 bits per heavy atom. The molecule has 0 radical (unpaired) electrons. The van der Waals surface area contributed by atoms with Gasteiger partial charge in [-0.25, -0.2) is 9.37 Å². The molecule has 3 nitrogen and oxygen atoms in total. The van der Waals surface area contributed by atoms with Gasteiger partial charge < -0.3 is 10.1 Å². The second kappa shape index (κ2) is 5.96. The first-order valence-electron chi connectivity index (χ1n) is 6.22. The standard InChI is InChI=1S/C13H19FN2O/c1-15-9-11-5-7-16-13(12(11)14)17-8-6-10-3-2-4-10/h5,7,10,15H,2-4,6,8-9H2,1H3. The molecule has 0 aliphatic heterocycles. The van der Waals surface area contributed by atoms with Crippen molar-refractivity contribution in [2.24, 2.45) is 5.92 Å². The van der Waals surface area contributed by atoms with Crippen molar-refractivity contribution in [3.63, 3.8) is 0 Å². The lowest BCUT2D eigenvalue weighted by Gasteiger charge is -2.24. The van der Waals surface area contributed by atoms with Crippen molar-refractivity contribution >= 4 is 0 Å². The van der Waals surface area contributed by atoms with Gasteiger partial charge >= 0.3 is 0 Å².